The summed E-state index contributed by atoms with van der Waals surface area (Å²) in [7, 11) is 0. The minimum Gasteiger partial charge on any atom is -0.330 e. The third kappa shape index (κ3) is 2.44. The maximum atomic E-state index is 12.4. The normalized spacial score (nSPS) is 19.8. The molecule has 2 N–H and O–H groups in total. The van der Waals surface area contributed by atoms with Crippen LogP contribution in [0.15, 0.2) is 16.7 Å². The van der Waals surface area contributed by atoms with E-state index < -0.39 is 0 Å². The van der Waals surface area contributed by atoms with E-state index in [0.717, 1.165) is 18.6 Å². The monoisotopic (exact) mass is 266 g/mol. The lowest BCUT2D eigenvalue weighted by atomic mass is 9.91. The number of carbonyl (C=O) groups is 1. The van der Waals surface area contributed by atoms with E-state index in [1.54, 1.807) is 6.20 Å². The van der Waals surface area contributed by atoms with Crippen LogP contribution in [0.1, 0.15) is 26.7 Å². The smallest absolute Gasteiger partial charge is 0.258 e. The number of anilines is 1. The first-order valence-electron chi connectivity index (χ1n) is 6.17. The van der Waals surface area contributed by atoms with E-state index >= 15 is 0 Å². The summed E-state index contributed by atoms with van der Waals surface area (Å²) in [6.07, 6.45) is 3.30. The minimum atomic E-state index is -0.127. The molecule has 0 saturated heterocycles. The fourth-order valence-electron chi connectivity index (χ4n) is 2.08. The molecule has 18 heavy (non-hydrogen) atoms. The Balaban J connectivity index is 2.23. The van der Waals surface area contributed by atoms with Crippen LogP contribution in [0, 0.1) is 11.8 Å². The molecule has 0 aliphatic carbocycles. The highest BCUT2D eigenvalue weighted by molar-refractivity contribution is 7.13. The molecule has 2 rings (SSSR count). The Morgan fingerprint density at radius 2 is 2.33 bits per heavy atom. The van der Waals surface area contributed by atoms with Crippen molar-refractivity contribution in [1.82, 2.24) is 4.98 Å². The number of aromatic nitrogens is 1. The van der Waals surface area contributed by atoms with E-state index in [4.69, 9.17) is 5.73 Å². The summed E-state index contributed by atoms with van der Waals surface area (Å²) in [5.41, 5.74) is 6.48. The van der Waals surface area contributed by atoms with Crippen molar-refractivity contribution in [3.05, 3.63) is 11.6 Å². The number of nitrogens with two attached hydrogens (primary N) is 1. The van der Waals surface area contributed by atoms with Crippen LogP contribution in [0.3, 0.4) is 0 Å². The quantitative estimate of drug-likeness (QED) is 0.884. The molecule has 0 bridgehead atoms. The first-order valence-corrected chi connectivity index (χ1v) is 7.05. The molecule has 1 unspecified atom stereocenters. The minimum absolute atomic E-state index is 0.0297. The molecule has 1 aromatic heterocycles. The van der Waals surface area contributed by atoms with Crippen LogP contribution in [0.2, 0.25) is 0 Å². The topological polar surface area (TPSA) is 71.6 Å². The number of thiazole rings is 1. The summed E-state index contributed by atoms with van der Waals surface area (Å²) in [4.78, 5) is 16.5. The van der Waals surface area contributed by atoms with Crippen molar-refractivity contribution in [2.75, 3.05) is 11.6 Å². The van der Waals surface area contributed by atoms with Gasteiger partial charge < -0.3 is 5.73 Å². The lowest BCUT2D eigenvalue weighted by Crippen LogP contribution is -2.29. The highest BCUT2D eigenvalue weighted by Crippen LogP contribution is 2.30. The van der Waals surface area contributed by atoms with Gasteiger partial charge in [0.05, 0.1) is 11.6 Å². The van der Waals surface area contributed by atoms with Gasteiger partial charge in [-0.25, -0.2) is 4.98 Å². The van der Waals surface area contributed by atoms with Gasteiger partial charge in [0.25, 0.3) is 5.91 Å². The highest BCUT2D eigenvalue weighted by Gasteiger charge is 2.38. The molecule has 1 atom stereocenters. The first-order chi connectivity index (χ1) is 8.65. The molecule has 2 heterocycles. The Hall–Kier alpha value is -1.27. The maximum Gasteiger partial charge on any atom is 0.258 e. The second-order valence-corrected chi connectivity index (χ2v) is 5.50. The molecule has 98 valence electrons. The van der Waals surface area contributed by atoms with Gasteiger partial charge in [-0.2, -0.15) is 10.1 Å². The van der Waals surface area contributed by atoms with Crippen LogP contribution in [0.4, 0.5) is 5.13 Å². The van der Waals surface area contributed by atoms with Crippen LogP contribution in [-0.2, 0) is 4.79 Å². The van der Waals surface area contributed by atoms with Gasteiger partial charge >= 0.3 is 0 Å². The van der Waals surface area contributed by atoms with E-state index in [9.17, 15) is 4.79 Å². The Bertz CT molecular complexity index is 441. The van der Waals surface area contributed by atoms with Gasteiger partial charge in [0, 0.05) is 11.6 Å². The van der Waals surface area contributed by atoms with Gasteiger partial charge in [0.2, 0.25) is 5.13 Å². The summed E-state index contributed by atoms with van der Waals surface area (Å²) in [5, 5.41) is 8.39. The van der Waals surface area contributed by atoms with Crippen molar-refractivity contribution in [3.8, 4) is 0 Å². The average Bonchev–Trinajstić information content (AvgIpc) is 2.94. The summed E-state index contributed by atoms with van der Waals surface area (Å²) < 4.78 is 0. The second kappa shape index (κ2) is 5.58. The third-order valence-corrected chi connectivity index (χ3v) is 3.72. The van der Waals surface area contributed by atoms with Crippen molar-refractivity contribution in [2.45, 2.75) is 26.7 Å². The van der Waals surface area contributed by atoms with Crippen molar-refractivity contribution >= 4 is 28.1 Å². The van der Waals surface area contributed by atoms with Gasteiger partial charge in [0.15, 0.2) is 0 Å². The number of nitrogens with zero attached hydrogens (tertiary/aromatic N) is 3. The number of hydrogen-bond acceptors (Lipinski definition) is 5. The fourth-order valence-corrected chi connectivity index (χ4v) is 2.67. The molecule has 5 nitrogen and oxygen atoms in total. The van der Waals surface area contributed by atoms with E-state index in [1.807, 2.05) is 5.38 Å². The Morgan fingerprint density at radius 3 is 2.89 bits per heavy atom. The average molecular weight is 266 g/mol. The highest BCUT2D eigenvalue weighted by atomic mass is 32.1. The molecule has 1 amide bonds. The molecule has 1 aliphatic rings. The fraction of sp³-hybridized carbons (Fsp3) is 0.583. The predicted molar refractivity (Wildman–Crippen MR) is 73.7 cm³/mol. The molecule has 0 aromatic carbocycles. The predicted octanol–water partition coefficient (Wildman–Crippen LogP) is 1.86. The van der Waals surface area contributed by atoms with Crippen molar-refractivity contribution < 1.29 is 4.79 Å². The SMILES string of the molecule is CC(C)C1=NN(c2nccs2)C(=O)C1CCCN. The summed E-state index contributed by atoms with van der Waals surface area (Å²) in [6.45, 7) is 4.73. The number of amides is 1. The zero-order valence-electron chi connectivity index (χ0n) is 10.7. The van der Waals surface area contributed by atoms with Crippen molar-refractivity contribution in [2.24, 2.45) is 22.7 Å². The van der Waals surface area contributed by atoms with Crippen molar-refractivity contribution in [1.29, 1.82) is 0 Å². The van der Waals surface area contributed by atoms with E-state index in [2.05, 4.69) is 23.9 Å². The van der Waals surface area contributed by atoms with Crippen molar-refractivity contribution in [3.63, 3.8) is 0 Å². The van der Waals surface area contributed by atoms with Gasteiger partial charge in [-0.15, -0.1) is 11.3 Å². The van der Waals surface area contributed by atoms with Crippen LogP contribution in [-0.4, -0.2) is 23.1 Å². The Labute approximate surface area is 111 Å². The van der Waals surface area contributed by atoms with E-state index in [0.29, 0.717) is 11.7 Å². The first kappa shape index (κ1) is 13.2. The van der Waals surface area contributed by atoms with Gasteiger partial charge in [0.1, 0.15) is 0 Å². The summed E-state index contributed by atoms with van der Waals surface area (Å²) in [5.74, 6) is 0.168. The van der Waals surface area contributed by atoms with Gasteiger partial charge in [-0.1, -0.05) is 13.8 Å². The number of rotatable bonds is 5. The molecular weight excluding hydrogens is 248 g/mol. The van der Waals surface area contributed by atoms with Crippen LogP contribution in [0.25, 0.3) is 0 Å². The number of hydrazone groups is 1. The summed E-state index contributed by atoms with van der Waals surface area (Å²) >= 11 is 1.43. The third-order valence-electron chi connectivity index (χ3n) is 2.97. The van der Waals surface area contributed by atoms with E-state index in [1.165, 1.54) is 16.3 Å². The largest absolute Gasteiger partial charge is 0.330 e. The number of carbonyl (C=O) groups excluding carboxylic acids is 1. The zero-order chi connectivity index (χ0) is 13.1. The Morgan fingerprint density at radius 1 is 1.56 bits per heavy atom. The van der Waals surface area contributed by atoms with Gasteiger partial charge in [-0.05, 0) is 25.3 Å². The molecule has 0 spiro atoms. The summed E-state index contributed by atoms with van der Waals surface area (Å²) in [6, 6.07) is 0. The lowest BCUT2D eigenvalue weighted by molar-refractivity contribution is -0.119. The molecule has 6 heteroatoms. The van der Waals surface area contributed by atoms with Gasteiger partial charge in [-0.3, -0.25) is 4.79 Å². The second-order valence-electron chi connectivity index (χ2n) is 4.63. The molecule has 0 saturated carbocycles. The molecule has 0 fully saturated rings. The molecule has 1 aliphatic heterocycles. The molecule has 0 radical (unpaired) electrons. The van der Waals surface area contributed by atoms with Crippen LogP contribution in [0.5, 0.6) is 0 Å². The van der Waals surface area contributed by atoms with Crippen LogP contribution < -0.4 is 10.7 Å². The van der Waals surface area contributed by atoms with E-state index in [-0.39, 0.29) is 17.7 Å². The van der Waals surface area contributed by atoms with Crippen LogP contribution >= 0.6 is 11.3 Å². The standard InChI is InChI=1S/C12H18N4OS/c1-8(2)10-9(4-3-5-13)11(17)16(15-10)12-14-6-7-18-12/h6-9H,3-5,13H2,1-2H3. The zero-order valence-corrected chi connectivity index (χ0v) is 11.5. The lowest BCUT2D eigenvalue weighted by Gasteiger charge is -2.13. The molecule has 1 aromatic rings. The Kier molecular flexibility index (Phi) is 4.08. The molecular formula is C12H18N4OS. The number of hydrogen-bond donors (Lipinski definition) is 1. The maximum absolute atomic E-state index is 12.4.